The van der Waals surface area contributed by atoms with Crippen LogP contribution >= 0.6 is 11.6 Å². The summed E-state index contributed by atoms with van der Waals surface area (Å²) in [6.07, 6.45) is 5.96. The van der Waals surface area contributed by atoms with E-state index in [9.17, 15) is 0 Å². The van der Waals surface area contributed by atoms with Crippen LogP contribution in [0, 0.1) is 0 Å². The van der Waals surface area contributed by atoms with Crippen molar-refractivity contribution in [1.29, 1.82) is 0 Å². The van der Waals surface area contributed by atoms with E-state index in [0.29, 0.717) is 29.7 Å². The molecule has 0 amide bonds. The topological polar surface area (TPSA) is 50.7 Å². The monoisotopic (exact) mass is 336 g/mol. The first-order chi connectivity index (χ1) is 11.2. The third kappa shape index (κ3) is 2.66. The van der Waals surface area contributed by atoms with Gasteiger partial charge in [-0.25, -0.2) is 9.97 Å². The van der Waals surface area contributed by atoms with Gasteiger partial charge >= 0.3 is 0 Å². The number of hydrogen-bond acceptors (Lipinski definition) is 6. The van der Waals surface area contributed by atoms with Gasteiger partial charge in [0, 0.05) is 32.2 Å². The largest absolute Gasteiger partial charge is 0.371 e. The Morgan fingerprint density at radius 3 is 1.57 bits per heavy atom. The van der Waals surface area contributed by atoms with E-state index in [4.69, 9.17) is 21.1 Å². The first-order valence-electron chi connectivity index (χ1n) is 8.58. The molecule has 5 heterocycles. The van der Waals surface area contributed by atoms with E-state index in [1.807, 2.05) is 0 Å². The average Bonchev–Trinajstić information content (AvgIpc) is 3.07. The predicted molar refractivity (Wildman–Crippen MR) is 87.3 cm³/mol. The third-order valence-corrected chi connectivity index (χ3v) is 5.58. The average molecular weight is 337 g/mol. The quantitative estimate of drug-likeness (QED) is 0.768. The standard InChI is InChI=1S/C16H21ClN4O2/c17-16-18-14(20-6-10-1-2-11(7-20)22-10)5-15(19-16)21-8-12-3-4-13(9-21)23-12/h5,10-13H,1-4,6-9H2. The van der Waals surface area contributed by atoms with E-state index >= 15 is 0 Å². The molecule has 4 aliphatic rings. The van der Waals surface area contributed by atoms with Gasteiger partial charge in [0.2, 0.25) is 5.28 Å². The Morgan fingerprint density at radius 2 is 1.17 bits per heavy atom. The van der Waals surface area contributed by atoms with Gasteiger partial charge in [0.05, 0.1) is 24.4 Å². The Balaban J connectivity index is 1.41. The molecule has 0 N–H and O–H groups in total. The maximum atomic E-state index is 6.23. The maximum Gasteiger partial charge on any atom is 0.226 e. The van der Waals surface area contributed by atoms with Crippen molar-refractivity contribution in [2.75, 3.05) is 36.0 Å². The zero-order valence-corrected chi connectivity index (χ0v) is 13.8. The van der Waals surface area contributed by atoms with Crippen molar-refractivity contribution in [1.82, 2.24) is 9.97 Å². The summed E-state index contributed by atoms with van der Waals surface area (Å²) in [6, 6.07) is 2.08. The molecule has 7 heteroatoms. The lowest BCUT2D eigenvalue weighted by atomic mass is 10.2. The van der Waals surface area contributed by atoms with Crippen molar-refractivity contribution in [3.63, 3.8) is 0 Å². The summed E-state index contributed by atoms with van der Waals surface area (Å²) in [5, 5.41) is 0.329. The molecular formula is C16H21ClN4O2. The number of halogens is 1. The Morgan fingerprint density at radius 1 is 0.783 bits per heavy atom. The zero-order valence-electron chi connectivity index (χ0n) is 13.0. The number of rotatable bonds is 2. The second-order valence-corrected chi connectivity index (χ2v) is 7.42. The molecule has 4 bridgehead atoms. The molecule has 6 nitrogen and oxygen atoms in total. The third-order valence-electron chi connectivity index (χ3n) is 5.41. The molecule has 4 atom stereocenters. The van der Waals surface area contributed by atoms with Crippen molar-refractivity contribution >= 4 is 23.2 Å². The molecule has 4 aliphatic heterocycles. The highest BCUT2D eigenvalue weighted by atomic mass is 35.5. The van der Waals surface area contributed by atoms with Gasteiger partial charge in [-0.05, 0) is 37.3 Å². The summed E-state index contributed by atoms with van der Waals surface area (Å²) >= 11 is 6.23. The van der Waals surface area contributed by atoms with Crippen LogP contribution in [0.3, 0.4) is 0 Å². The molecule has 4 unspecified atom stereocenters. The van der Waals surface area contributed by atoms with Crippen LogP contribution in [-0.4, -0.2) is 60.6 Å². The number of anilines is 2. The molecule has 4 saturated heterocycles. The van der Waals surface area contributed by atoms with Crippen molar-refractivity contribution in [2.45, 2.75) is 50.1 Å². The van der Waals surface area contributed by atoms with Gasteiger partial charge in [-0.3, -0.25) is 0 Å². The molecular weight excluding hydrogens is 316 g/mol. The van der Waals surface area contributed by atoms with Crippen LogP contribution < -0.4 is 9.80 Å². The summed E-state index contributed by atoms with van der Waals surface area (Å²) in [6.45, 7) is 3.60. The summed E-state index contributed by atoms with van der Waals surface area (Å²) in [4.78, 5) is 13.5. The lowest BCUT2D eigenvalue weighted by molar-refractivity contribution is 0.0299. The number of aromatic nitrogens is 2. The van der Waals surface area contributed by atoms with Gasteiger partial charge in [-0.2, -0.15) is 0 Å². The molecule has 0 saturated carbocycles. The molecule has 5 rings (SSSR count). The van der Waals surface area contributed by atoms with E-state index < -0.39 is 0 Å². The maximum absolute atomic E-state index is 6.23. The molecule has 0 aromatic carbocycles. The van der Waals surface area contributed by atoms with Crippen molar-refractivity contribution < 1.29 is 9.47 Å². The van der Waals surface area contributed by atoms with Gasteiger partial charge in [-0.15, -0.1) is 0 Å². The number of morpholine rings is 2. The molecule has 1 aromatic rings. The second kappa shape index (κ2) is 5.46. The van der Waals surface area contributed by atoms with Crippen molar-refractivity contribution in [3.05, 3.63) is 11.3 Å². The van der Waals surface area contributed by atoms with Crippen LogP contribution in [0.5, 0.6) is 0 Å². The molecule has 0 aliphatic carbocycles. The van der Waals surface area contributed by atoms with Crippen LogP contribution in [0.25, 0.3) is 0 Å². The molecule has 1 aromatic heterocycles. The van der Waals surface area contributed by atoms with Gasteiger partial charge in [0.25, 0.3) is 0 Å². The summed E-state index contributed by atoms with van der Waals surface area (Å²) in [5.41, 5.74) is 0. The van der Waals surface area contributed by atoms with Gasteiger partial charge in [0.1, 0.15) is 11.6 Å². The molecule has 124 valence electrons. The molecule has 4 fully saturated rings. The minimum Gasteiger partial charge on any atom is -0.371 e. The van der Waals surface area contributed by atoms with Crippen LogP contribution in [0.2, 0.25) is 5.28 Å². The fourth-order valence-electron chi connectivity index (χ4n) is 4.32. The fourth-order valence-corrected chi connectivity index (χ4v) is 4.50. The number of nitrogens with zero attached hydrogens (tertiary/aromatic N) is 4. The lowest BCUT2D eigenvalue weighted by Gasteiger charge is -2.35. The number of fused-ring (bicyclic) bond motifs is 4. The Labute approximate surface area is 140 Å². The van der Waals surface area contributed by atoms with E-state index in [2.05, 4.69) is 25.8 Å². The van der Waals surface area contributed by atoms with Gasteiger partial charge in [0.15, 0.2) is 0 Å². The first kappa shape index (κ1) is 14.3. The highest BCUT2D eigenvalue weighted by Gasteiger charge is 2.36. The van der Waals surface area contributed by atoms with Crippen molar-refractivity contribution in [3.8, 4) is 0 Å². The Bertz CT molecular complexity index is 543. The van der Waals surface area contributed by atoms with E-state index in [1.54, 1.807) is 0 Å². The highest BCUT2D eigenvalue weighted by Crippen LogP contribution is 2.33. The SMILES string of the molecule is Clc1nc(N2CC3CCC(C2)O3)cc(N2CC3CCC(C2)O3)n1. The second-order valence-electron chi connectivity index (χ2n) is 7.08. The summed E-state index contributed by atoms with van der Waals surface area (Å²) < 4.78 is 11.8. The lowest BCUT2D eigenvalue weighted by Crippen LogP contribution is -2.44. The molecule has 23 heavy (non-hydrogen) atoms. The van der Waals surface area contributed by atoms with E-state index in [-0.39, 0.29) is 0 Å². The first-order valence-corrected chi connectivity index (χ1v) is 8.96. The Hall–Kier alpha value is -1.11. The van der Waals surface area contributed by atoms with Crippen LogP contribution in [0.1, 0.15) is 25.7 Å². The smallest absolute Gasteiger partial charge is 0.226 e. The van der Waals surface area contributed by atoms with Gasteiger partial charge in [-0.1, -0.05) is 0 Å². The Kier molecular flexibility index (Phi) is 3.39. The molecule has 0 radical (unpaired) electrons. The van der Waals surface area contributed by atoms with E-state index in [0.717, 1.165) is 63.5 Å². The highest BCUT2D eigenvalue weighted by molar-refractivity contribution is 6.28. The van der Waals surface area contributed by atoms with Crippen LogP contribution in [0.4, 0.5) is 11.6 Å². The van der Waals surface area contributed by atoms with Crippen molar-refractivity contribution in [2.24, 2.45) is 0 Å². The fraction of sp³-hybridized carbons (Fsp3) is 0.750. The zero-order chi connectivity index (χ0) is 15.4. The molecule has 0 spiro atoms. The minimum atomic E-state index is 0.329. The van der Waals surface area contributed by atoms with E-state index in [1.165, 1.54) is 0 Å². The number of hydrogen-bond donors (Lipinski definition) is 0. The predicted octanol–water partition coefficient (Wildman–Crippen LogP) is 1.87. The number of ether oxygens (including phenoxy) is 2. The summed E-state index contributed by atoms with van der Waals surface area (Å²) in [5.74, 6) is 1.86. The normalized spacial score (nSPS) is 35.9. The van der Waals surface area contributed by atoms with Crippen LogP contribution in [-0.2, 0) is 9.47 Å². The minimum absolute atomic E-state index is 0.329. The van der Waals surface area contributed by atoms with Crippen LogP contribution in [0.15, 0.2) is 6.07 Å². The van der Waals surface area contributed by atoms with Gasteiger partial charge < -0.3 is 19.3 Å². The summed E-state index contributed by atoms with van der Waals surface area (Å²) in [7, 11) is 0.